The summed E-state index contributed by atoms with van der Waals surface area (Å²) in [4.78, 5) is 36.0. The van der Waals surface area contributed by atoms with Gasteiger partial charge in [0.05, 0.1) is 5.69 Å². The average molecular weight is 325 g/mol. The number of hydrogen-bond donors (Lipinski definition) is 2. The van der Waals surface area contributed by atoms with E-state index in [4.69, 9.17) is 5.11 Å². The lowest BCUT2D eigenvalue weighted by atomic mass is 10.2. The van der Waals surface area contributed by atoms with Crippen molar-refractivity contribution in [3.8, 4) is 5.69 Å². The highest BCUT2D eigenvalue weighted by Crippen LogP contribution is 2.20. The Morgan fingerprint density at radius 3 is 2.68 bits per heavy atom. The molecule has 0 saturated carbocycles. The SMILES string of the molecule is Cc1ccc(Br)c(-n2cc(C(=O)O)c(=O)[nH]c2=O)c1. The van der Waals surface area contributed by atoms with Gasteiger partial charge in [-0.15, -0.1) is 0 Å². The van der Waals surface area contributed by atoms with Gasteiger partial charge in [-0.05, 0) is 40.5 Å². The summed E-state index contributed by atoms with van der Waals surface area (Å²) in [6, 6.07) is 5.28. The van der Waals surface area contributed by atoms with Gasteiger partial charge in [0.15, 0.2) is 0 Å². The molecule has 0 aliphatic rings. The summed E-state index contributed by atoms with van der Waals surface area (Å²) in [5.74, 6) is -1.39. The number of aromatic amines is 1. The minimum atomic E-state index is -1.39. The van der Waals surface area contributed by atoms with Crippen molar-refractivity contribution in [2.24, 2.45) is 0 Å². The van der Waals surface area contributed by atoms with Crippen molar-refractivity contribution < 1.29 is 9.90 Å². The van der Waals surface area contributed by atoms with Gasteiger partial charge in [-0.3, -0.25) is 14.3 Å². The molecule has 0 aliphatic heterocycles. The molecule has 2 N–H and O–H groups in total. The molecule has 0 bridgehead atoms. The van der Waals surface area contributed by atoms with Crippen LogP contribution in [-0.4, -0.2) is 20.6 Å². The minimum absolute atomic E-state index is 0.462. The number of aromatic carboxylic acids is 1. The maximum atomic E-state index is 11.8. The molecule has 1 aromatic heterocycles. The van der Waals surface area contributed by atoms with Crippen LogP contribution >= 0.6 is 15.9 Å². The molecule has 0 atom stereocenters. The van der Waals surface area contributed by atoms with E-state index in [9.17, 15) is 14.4 Å². The van der Waals surface area contributed by atoms with Crippen LogP contribution in [0.4, 0.5) is 0 Å². The Labute approximate surface area is 115 Å². The quantitative estimate of drug-likeness (QED) is 0.870. The van der Waals surface area contributed by atoms with E-state index in [1.165, 1.54) is 0 Å². The minimum Gasteiger partial charge on any atom is -0.477 e. The number of hydrogen-bond acceptors (Lipinski definition) is 3. The van der Waals surface area contributed by atoms with E-state index in [0.29, 0.717) is 10.2 Å². The lowest BCUT2D eigenvalue weighted by Gasteiger charge is -2.09. The first-order valence-corrected chi connectivity index (χ1v) is 6.05. The summed E-state index contributed by atoms with van der Waals surface area (Å²) < 4.78 is 1.70. The number of carboxylic acids is 1. The number of H-pyrrole nitrogens is 1. The van der Waals surface area contributed by atoms with Gasteiger partial charge in [-0.25, -0.2) is 9.59 Å². The second-order valence-electron chi connectivity index (χ2n) is 3.93. The van der Waals surface area contributed by atoms with Gasteiger partial charge in [0.2, 0.25) is 0 Å². The third-order valence-electron chi connectivity index (χ3n) is 2.53. The predicted octanol–water partition coefficient (Wildman–Crippen LogP) is 1.29. The van der Waals surface area contributed by atoms with E-state index in [-0.39, 0.29) is 0 Å². The van der Waals surface area contributed by atoms with Crippen LogP contribution in [0.2, 0.25) is 0 Å². The highest BCUT2D eigenvalue weighted by molar-refractivity contribution is 9.10. The third kappa shape index (κ3) is 2.50. The Bertz CT molecular complexity index is 776. The van der Waals surface area contributed by atoms with Crippen LogP contribution in [0, 0.1) is 6.92 Å². The van der Waals surface area contributed by atoms with E-state index >= 15 is 0 Å². The number of halogens is 1. The number of aryl methyl sites for hydroxylation is 1. The fourth-order valence-corrected chi connectivity index (χ4v) is 2.05. The van der Waals surface area contributed by atoms with Crippen LogP contribution in [0.25, 0.3) is 5.69 Å². The van der Waals surface area contributed by atoms with Crippen molar-refractivity contribution in [3.05, 3.63) is 60.8 Å². The van der Waals surface area contributed by atoms with Crippen LogP contribution in [-0.2, 0) is 0 Å². The van der Waals surface area contributed by atoms with Crippen LogP contribution in [0.15, 0.2) is 38.5 Å². The molecule has 98 valence electrons. The van der Waals surface area contributed by atoms with Crippen LogP contribution in [0.1, 0.15) is 15.9 Å². The Morgan fingerprint density at radius 2 is 2.05 bits per heavy atom. The molecule has 0 spiro atoms. The first kappa shape index (κ1) is 13.3. The van der Waals surface area contributed by atoms with Crippen molar-refractivity contribution in [1.29, 1.82) is 0 Å². The highest BCUT2D eigenvalue weighted by Gasteiger charge is 2.13. The molecule has 1 heterocycles. The van der Waals surface area contributed by atoms with Gasteiger partial charge in [0.25, 0.3) is 5.56 Å². The summed E-state index contributed by atoms with van der Waals surface area (Å²) in [5.41, 5.74) is -0.747. The molecule has 2 rings (SSSR count). The van der Waals surface area contributed by atoms with Gasteiger partial charge in [0, 0.05) is 10.7 Å². The molecule has 6 nitrogen and oxygen atoms in total. The third-order valence-corrected chi connectivity index (χ3v) is 3.20. The van der Waals surface area contributed by atoms with Crippen molar-refractivity contribution in [2.45, 2.75) is 6.92 Å². The van der Waals surface area contributed by atoms with Crippen LogP contribution in [0.3, 0.4) is 0 Å². The first-order chi connectivity index (χ1) is 8.90. The van der Waals surface area contributed by atoms with E-state index in [2.05, 4.69) is 15.9 Å². The zero-order valence-corrected chi connectivity index (χ0v) is 11.4. The molecule has 2 aromatic rings. The number of nitrogens with one attached hydrogen (secondary N) is 1. The zero-order chi connectivity index (χ0) is 14.2. The van der Waals surface area contributed by atoms with Crippen LogP contribution in [0.5, 0.6) is 0 Å². The zero-order valence-electron chi connectivity index (χ0n) is 9.81. The summed E-state index contributed by atoms with van der Waals surface area (Å²) >= 11 is 3.28. The fourth-order valence-electron chi connectivity index (χ4n) is 1.61. The predicted molar refractivity (Wildman–Crippen MR) is 72.1 cm³/mol. The second-order valence-corrected chi connectivity index (χ2v) is 4.79. The number of nitrogens with zero attached hydrogens (tertiary/aromatic N) is 1. The van der Waals surface area contributed by atoms with Crippen molar-refractivity contribution in [1.82, 2.24) is 9.55 Å². The molecule has 0 radical (unpaired) electrons. The summed E-state index contributed by atoms with van der Waals surface area (Å²) in [7, 11) is 0. The topological polar surface area (TPSA) is 92.2 Å². The van der Waals surface area contributed by atoms with Gasteiger partial charge in [-0.2, -0.15) is 0 Å². The Morgan fingerprint density at radius 1 is 1.37 bits per heavy atom. The molecule has 0 fully saturated rings. The average Bonchev–Trinajstić information content (AvgIpc) is 2.32. The molecular weight excluding hydrogens is 316 g/mol. The van der Waals surface area contributed by atoms with Gasteiger partial charge < -0.3 is 5.11 Å². The van der Waals surface area contributed by atoms with Gasteiger partial charge >= 0.3 is 11.7 Å². The normalized spacial score (nSPS) is 10.4. The second kappa shape index (κ2) is 4.85. The Kier molecular flexibility index (Phi) is 3.39. The van der Waals surface area contributed by atoms with Crippen molar-refractivity contribution >= 4 is 21.9 Å². The number of rotatable bonds is 2. The lowest BCUT2D eigenvalue weighted by molar-refractivity contribution is 0.0694. The molecule has 0 aliphatic carbocycles. The Balaban J connectivity index is 2.79. The standard InChI is InChI=1S/C12H9BrN2O4/c1-6-2-3-8(13)9(4-6)15-5-7(11(17)18)10(16)14-12(15)19/h2-5H,1H3,(H,17,18)(H,14,16,19). The maximum absolute atomic E-state index is 11.8. The summed E-state index contributed by atoms with van der Waals surface area (Å²) in [5, 5.41) is 8.90. The van der Waals surface area contributed by atoms with Gasteiger partial charge in [-0.1, -0.05) is 6.07 Å². The van der Waals surface area contributed by atoms with E-state index in [1.807, 2.05) is 18.0 Å². The smallest absolute Gasteiger partial charge is 0.342 e. The number of carboxylic acid groups (broad SMARTS) is 1. The van der Waals surface area contributed by atoms with Crippen molar-refractivity contribution in [2.75, 3.05) is 0 Å². The summed E-state index contributed by atoms with van der Waals surface area (Å²) in [6.07, 6.45) is 1.02. The number of aromatic nitrogens is 2. The van der Waals surface area contributed by atoms with Crippen LogP contribution < -0.4 is 11.2 Å². The molecule has 0 saturated heterocycles. The highest BCUT2D eigenvalue weighted by atomic mass is 79.9. The number of benzene rings is 1. The molecule has 19 heavy (non-hydrogen) atoms. The Hall–Kier alpha value is -2.15. The molecular formula is C12H9BrN2O4. The lowest BCUT2D eigenvalue weighted by Crippen LogP contribution is -2.32. The largest absolute Gasteiger partial charge is 0.477 e. The number of carbonyl (C=O) groups is 1. The molecule has 7 heteroatoms. The summed E-state index contributed by atoms with van der Waals surface area (Å²) in [6.45, 7) is 1.84. The van der Waals surface area contributed by atoms with E-state index < -0.39 is 22.8 Å². The maximum Gasteiger partial charge on any atom is 0.342 e. The fraction of sp³-hybridized carbons (Fsp3) is 0.0833. The monoisotopic (exact) mass is 324 g/mol. The molecule has 0 unspecified atom stereocenters. The molecule has 1 aromatic carbocycles. The van der Waals surface area contributed by atoms with Crippen molar-refractivity contribution in [3.63, 3.8) is 0 Å². The van der Waals surface area contributed by atoms with E-state index in [0.717, 1.165) is 16.3 Å². The molecule has 0 amide bonds. The van der Waals surface area contributed by atoms with Gasteiger partial charge in [0.1, 0.15) is 5.56 Å². The van der Waals surface area contributed by atoms with E-state index in [1.54, 1.807) is 12.1 Å². The first-order valence-electron chi connectivity index (χ1n) is 5.26.